The second-order valence-electron chi connectivity index (χ2n) is 4.73. The predicted molar refractivity (Wildman–Crippen MR) is 79.8 cm³/mol. The zero-order valence-electron chi connectivity index (χ0n) is 12.1. The first-order valence-electron chi connectivity index (χ1n) is 6.85. The van der Waals surface area contributed by atoms with Gasteiger partial charge in [0.2, 0.25) is 0 Å². The van der Waals surface area contributed by atoms with Crippen LogP contribution >= 0.6 is 0 Å². The molecule has 0 aliphatic carbocycles. The van der Waals surface area contributed by atoms with Crippen LogP contribution < -0.4 is 15.8 Å². The molecule has 0 fully saturated rings. The van der Waals surface area contributed by atoms with Crippen molar-refractivity contribution in [3.8, 4) is 5.75 Å². The van der Waals surface area contributed by atoms with Gasteiger partial charge in [-0.15, -0.1) is 0 Å². The highest BCUT2D eigenvalue weighted by atomic mass is 16.5. The molecule has 112 valence electrons. The quantitative estimate of drug-likeness (QED) is 0.791. The molecule has 0 unspecified atom stereocenters. The van der Waals surface area contributed by atoms with E-state index in [-0.39, 0.29) is 12.5 Å². The summed E-state index contributed by atoms with van der Waals surface area (Å²) in [7, 11) is 0. The Bertz CT molecular complexity index is 595. The van der Waals surface area contributed by atoms with E-state index in [0.717, 1.165) is 11.1 Å². The predicted octanol–water partition coefficient (Wildman–Crippen LogP) is 0.845. The van der Waals surface area contributed by atoms with Crippen LogP contribution in [0.4, 0.5) is 0 Å². The van der Waals surface area contributed by atoms with Crippen molar-refractivity contribution in [2.75, 3.05) is 13.2 Å². The highest BCUT2D eigenvalue weighted by Crippen LogP contribution is 2.16. The van der Waals surface area contributed by atoms with Crippen molar-refractivity contribution < 1.29 is 9.53 Å². The molecule has 0 saturated carbocycles. The minimum Gasteiger partial charge on any atom is -0.483 e. The number of aromatic nitrogens is 2. The van der Waals surface area contributed by atoms with Crippen LogP contribution in [-0.4, -0.2) is 28.8 Å². The zero-order chi connectivity index (χ0) is 15.1. The highest BCUT2D eigenvalue weighted by molar-refractivity contribution is 5.77. The van der Waals surface area contributed by atoms with Gasteiger partial charge in [-0.2, -0.15) is 5.10 Å². The molecule has 0 atom stereocenters. The molecule has 1 aromatic carbocycles. The molecule has 2 aromatic rings. The molecule has 6 nitrogen and oxygen atoms in total. The van der Waals surface area contributed by atoms with Gasteiger partial charge in [0.05, 0.1) is 12.7 Å². The van der Waals surface area contributed by atoms with Crippen LogP contribution in [0.5, 0.6) is 5.75 Å². The third kappa shape index (κ3) is 4.61. The summed E-state index contributed by atoms with van der Waals surface area (Å²) in [6.45, 7) is 3.50. The van der Waals surface area contributed by atoms with E-state index in [1.807, 2.05) is 37.4 Å². The summed E-state index contributed by atoms with van der Waals surface area (Å²) in [5.41, 5.74) is 7.60. The molecule has 21 heavy (non-hydrogen) atoms. The number of rotatable bonds is 7. The standard InChI is InChI=1S/C15H20N4O2/c1-12-9-18-19(10-12)7-6-17-15(20)11-21-14-5-3-2-4-13(14)8-16/h2-5,9-10H,6-8,11,16H2,1H3,(H,17,20). The van der Waals surface area contributed by atoms with Crippen LogP contribution in [0.1, 0.15) is 11.1 Å². The van der Waals surface area contributed by atoms with Gasteiger partial charge in [-0.3, -0.25) is 9.48 Å². The maximum Gasteiger partial charge on any atom is 0.258 e. The van der Waals surface area contributed by atoms with Crippen molar-refractivity contribution in [2.24, 2.45) is 5.73 Å². The Morgan fingerprint density at radius 3 is 2.95 bits per heavy atom. The summed E-state index contributed by atoms with van der Waals surface area (Å²) in [6.07, 6.45) is 3.72. The number of hydrogen-bond acceptors (Lipinski definition) is 4. The minimum atomic E-state index is -0.161. The maximum atomic E-state index is 11.7. The minimum absolute atomic E-state index is 0.0187. The van der Waals surface area contributed by atoms with Crippen LogP contribution in [0.15, 0.2) is 36.7 Å². The van der Waals surface area contributed by atoms with E-state index in [9.17, 15) is 4.79 Å². The Morgan fingerprint density at radius 2 is 2.24 bits per heavy atom. The lowest BCUT2D eigenvalue weighted by molar-refractivity contribution is -0.123. The Balaban J connectivity index is 1.72. The van der Waals surface area contributed by atoms with Crippen LogP contribution in [-0.2, 0) is 17.9 Å². The van der Waals surface area contributed by atoms with Crippen LogP contribution in [0.2, 0.25) is 0 Å². The zero-order valence-corrected chi connectivity index (χ0v) is 12.1. The van der Waals surface area contributed by atoms with Crippen LogP contribution in [0.3, 0.4) is 0 Å². The molecule has 6 heteroatoms. The topological polar surface area (TPSA) is 82.2 Å². The fraction of sp³-hybridized carbons (Fsp3) is 0.333. The Morgan fingerprint density at radius 1 is 1.43 bits per heavy atom. The molecule has 0 aliphatic rings. The van der Waals surface area contributed by atoms with Gasteiger partial charge in [-0.05, 0) is 18.6 Å². The molecule has 0 saturated heterocycles. The first-order chi connectivity index (χ1) is 10.2. The summed E-state index contributed by atoms with van der Waals surface area (Å²) >= 11 is 0. The smallest absolute Gasteiger partial charge is 0.258 e. The third-order valence-electron chi connectivity index (χ3n) is 2.98. The largest absolute Gasteiger partial charge is 0.483 e. The number of nitrogens with zero attached hydrogens (tertiary/aromatic N) is 2. The first kappa shape index (κ1) is 15.1. The molecule has 0 aliphatic heterocycles. The lowest BCUT2D eigenvalue weighted by Crippen LogP contribution is -2.31. The summed E-state index contributed by atoms with van der Waals surface area (Å²) in [5, 5.41) is 6.94. The van der Waals surface area contributed by atoms with Gasteiger partial charge >= 0.3 is 0 Å². The van der Waals surface area contributed by atoms with Gasteiger partial charge in [-0.1, -0.05) is 18.2 Å². The normalized spacial score (nSPS) is 10.4. The molecule has 3 N–H and O–H groups in total. The number of carbonyl (C=O) groups is 1. The van der Waals surface area contributed by atoms with Gasteiger partial charge in [0.15, 0.2) is 6.61 Å². The number of ether oxygens (including phenoxy) is 1. The number of amides is 1. The first-order valence-corrected chi connectivity index (χ1v) is 6.85. The van der Waals surface area contributed by atoms with E-state index < -0.39 is 0 Å². The third-order valence-corrected chi connectivity index (χ3v) is 2.98. The second kappa shape index (κ2) is 7.44. The lowest BCUT2D eigenvalue weighted by Gasteiger charge is -2.10. The molecular weight excluding hydrogens is 268 g/mol. The molecule has 1 amide bonds. The fourth-order valence-corrected chi connectivity index (χ4v) is 1.91. The Labute approximate surface area is 123 Å². The maximum absolute atomic E-state index is 11.7. The number of benzene rings is 1. The highest BCUT2D eigenvalue weighted by Gasteiger charge is 2.05. The number of para-hydroxylation sites is 1. The monoisotopic (exact) mass is 288 g/mol. The van der Waals surface area contributed by atoms with Crippen molar-refractivity contribution in [3.63, 3.8) is 0 Å². The van der Waals surface area contributed by atoms with Gasteiger partial charge in [0.25, 0.3) is 5.91 Å². The van der Waals surface area contributed by atoms with Crippen molar-refractivity contribution >= 4 is 5.91 Å². The van der Waals surface area contributed by atoms with Crippen LogP contribution in [0, 0.1) is 6.92 Å². The van der Waals surface area contributed by atoms with Crippen molar-refractivity contribution in [1.29, 1.82) is 0 Å². The number of hydrogen-bond donors (Lipinski definition) is 2. The second-order valence-corrected chi connectivity index (χ2v) is 4.73. The molecule has 2 rings (SSSR count). The lowest BCUT2D eigenvalue weighted by atomic mass is 10.2. The van der Waals surface area contributed by atoms with Crippen molar-refractivity contribution in [3.05, 3.63) is 47.8 Å². The average Bonchev–Trinajstić information content (AvgIpc) is 2.91. The van der Waals surface area contributed by atoms with E-state index in [2.05, 4.69) is 10.4 Å². The fourth-order valence-electron chi connectivity index (χ4n) is 1.91. The summed E-state index contributed by atoms with van der Waals surface area (Å²) in [4.78, 5) is 11.7. The van der Waals surface area contributed by atoms with Crippen molar-refractivity contribution in [2.45, 2.75) is 20.0 Å². The van der Waals surface area contributed by atoms with E-state index in [1.165, 1.54) is 0 Å². The summed E-state index contributed by atoms with van der Waals surface area (Å²) in [6, 6.07) is 7.43. The average molecular weight is 288 g/mol. The van der Waals surface area contributed by atoms with Gasteiger partial charge < -0.3 is 15.8 Å². The number of carbonyl (C=O) groups excluding carboxylic acids is 1. The van der Waals surface area contributed by atoms with E-state index >= 15 is 0 Å². The Hall–Kier alpha value is -2.34. The molecular formula is C15H20N4O2. The Kier molecular flexibility index (Phi) is 5.34. The molecule has 0 radical (unpaired) electrons. The van der Waals surface area contributed by atoms with E-state index in [4.69, 9.17) is 10.5 Å². The molecule has 1 aromatic heterocycles. The molecule has 0 bridgehead atoms. The summed E-state index contributed by atoms with van der Waals surface area (Å²) in [5.74, 6) is 0.489. The number of nitrogens with two attached hydrogens (primary N) is 1. The van der Waals surface area contributed by atoms with E-state index in [1.54, 1.807) is 10.9 Å². The van der Waals surface area contributed by atoms with Crippen molar-refractivity contribution in [1.82, 2.24) is 15.1 Å². The van der Waals surface area contributed by atoms with Crippen LogP contribution in [0.25, 0.3) is 0 Å². The molecule has 1 heterocycles. The van der Waals surface area contributed by atoms with Gasteiger partial charge in [0.1, 0.15) is 5.75 Å². The summed E-state index contributed by atoms with van der Waals surface area (Å²) < 4.78 is 7.27. The van der Waals surface area contributed by atoms with Gasteiger partial charge in [0, 0.05) is 24.8 Å². The number of aryl methyl sites for hydroxylation is 1. The van der Waals surface area contributed by atoms with Gasteiger partial charge in [-0.25, -0.2) is 0 Å². The number of nitrogens with one attached hydrogen (secondary N) is 1. The SMILES string of the molecule is Cc1cnn(CCNC(=O)COc2ccccc2CN)c1. The van der Waals surface area contributed by atoms with E-state index in [0.29, 0.717) is 25.4 Å². The molecule has 0 spiro atoms.